The number of aryl methyl sites for hydroxylation is 1. The maximum absolute atomic E-state index is 11.7. The summed E-state index contributed by atoms with van der Waals surface area (Å²) in [6.07, 6.45) is 1.42. The van der Waals surface area contributed by atoms with Crippen molar-refractivity contribution in [2.24, 2.45) is 0 Å². The van der Waals surface area contributed by atoms with Crippen LogP contribution in [0.5, 0.6) is 5.75 Å². The standard InChI is InChI=1S/C15H17N3O4/c1-10-4-5-13(19)12(7-10)18-9-11(8-16)15(22)17-6-2-3-14(20)21/h4-5,7,9,18-19H,2-3,6H2,1H3,(H,17,22)(H,20,21)/b11-9-. The van der Waals surface area contributed by atoms with Crippen LogP contribution in [0.15, 0.2) is 30.0 Å². The minimum atomic E-state index is -0.943. The summed E-state index contributed by atoms with van der Waals surface area (Å²) in [5.74, 6) is -1.55. The molecule has 1 aromatic carbocycles. The zero-order valence-electron chi connectivity index (χ0n) is 12.1. The molecule has 0 fully saturated rings. The maximum Gasteiger partial charge on any atom is 0.303 e. The Hall–Kier alpha value is -3.01. The number of benzene rings is 1. The Morgan fingerprint density at radius 2 is 2.14 bits per heavy atom. The number of nitriles is 1. The number of anilines is 1. The Morgan fingerprint density at radius 3 is 2.77 bits per heavy atom. The van der Waals surface area contributed by atoms with Crippen molar-refractivity contribution in [1.82, 2.24) is 5.32 Å². The van der Waals surface area contributed by atoms with E-state index < -0.39 is 11.9 Å². The van der Waals surface area contributed by atoms with Gasteiger partial charge in [0.2, 0.25) is 0 Å². The Bertz CT molecular complexity index is 632. The first-order valence-electron chi connectivity index (χ1n) is 6.60. The first-order chi connectivity index (χ1) is 10.4. The summed E-state index contributed by atoms with van der Waals surface area (Å²) in [7, 11) is 0. The van der Waals surface area contributed by atoms with E-state index in [0.717, 1.165) is 5.56 Å². The van der Waals surface area contributed by atoms with Crippen LogP contribution in [0.1, 0.15) is 18.4 Å². The van der Waals surface area contributed by atoms with Gasteiger partial charge in [-0.1, -0.05) is 6.07 Å². The summed E-state index contributed by atoms with van der Waals surface area (Å²) in [6, 6.07) is 6.65. The van der Waals surface area contributed by atoms with Gasteiger partial charge in [-0.05, 0) is 31.0 Å². The number of aliphatic carboxylic acids is 1. The van der Waals surface area contributed by atoms with Crippen molar-refractivity contribution in [2.45, 2.75) is 19.8 Å². The van der Waals surface area contributed by atoms with Crippen molar-refractivity contribution < 1.29 is 19.8 Å². The molecule has 0 unspecified atom stereocenters. The fraction of sp³-hybridized carbons (Fsp3) is 0.267. The van der Waals surface area contributed by atoms with E-state index in [9.17, 15) is 14.7 Å². The summed E-state index contributed by atoms with van der Waals surface area (Å²) < 4.78 is 0. The lowest BCUT2D eigenvalue weighted by Gasteiger charge is -2.07. The van der Waals surface area contributed by atoms with E-state index in [0.29, 0.717) is 5.69 Å². The molecule has 22 heavy (non-hydrogen) atoms. The topological polar surface area (TPSA) is 122 Å². The van der Waals surface area contributed by atoms with E-state index in [4.69, 9.17) is 10.4 Å². The average Bonchev–Trinajstić information content (AvgIpc) is 2.47. The predicted octanol–water partition coefficient (Wildman–Crippen LogP) is 1.50. The number of phenolic OH excluding ortho intramolecular Hbond substituents is 1. The van der Waals surface area contributed by atoms with Crippen molar-refractivity contribution in [3.05, 3.63) is 35.5 Å². The number of hydrogen-bond donors (Lipinski definition) is 4. The summed E-state index contributed by atoms with van der Waals surface area (Å²) in [5.41, 5.74) is 1.12. The van der Waals surface area contributed by atoms with E-state index in [1.165, 1.54) is 12.3 Å². The third-order valence-corrected chi connectivity index (χ3v) is 2.74. The normalized spacial score (nSPS) is 10.6. The number of nitrogens with zero attached hydrogens (tertiary/aromatic N) is 1. The molecule has 7 heteroatoms. The van der Waals surface area contributed by atoms with Crippen LogP contribution in [0.4, 0.5) is 5.69 Å². The van der Waals surface area contributed by atoms with Crippen LogP contribution in [-0.4, -0.2) is 28.6 Å². The second-order valence-electron chi connectivity index (χ2n) is 4.59. The van der Waals surface area contributed by atoms with Crippen LogP contribution < -0.4 is 10.6 Å². The third kappa shape index (κ3) is 5.54. The van der Waals surface area contributed by atoms with Crippen LogP contribution >= 0.6 is 0 Å². The predicted molar refractivity (Wildman–Crippen MR) is 80.0 cm³/mol. The molecule has 0 saturated heterocycles. The van der Waals surface area contributed by atoms with Gasteiger partial charge in [0.15, 0.2) is 0 Å². The van der Waals surface area contributed by atoms with Gasteiger partial charge >= 0.3 is 5.97 Å². The van der Waals surface area contributed by atoms with Crippen molar-refractivity contribution in [2.75, 3.05) is 11.9 Å². The first-order valence-corrected chi connectivity index (χ1v) is 6.60. The van der Waals surface area contributed by atoms with Crippen LogP contribution in [0.25, 0.3) is 0 Å². The Balaban J connectivity index is 2.62. The van der Waals surface area contributed by atoms with E-state index in [2.05, 4.69) is 10.6 Å². The lowest BCUT2D eigenvalue weighted by atomic mass is 10.2. The molecule has 0 radical (unpaired) electrons. The second-order valence-corrected chi connectivity index (χ2v) is 4.59. The molecule has 0 aliphatic carbocycles. The van der Waals surface area contributed by atoms with Crippen LogP contribution in [-0.2, 0) is 9.59 Å². The molecule has 0 spiro atoms. The number of nitrogens with one attached hydrogen (secondary N) is 2. The molecule has 4 N–H and O–H groups in total. The molecule has 0 aliphatic heterocycles. The van der Waals surface area contributed by atoms with Gasteiger partial charge < -0.3 is 20.8 Å². The highest BCUT2D eigenvalue weighted by atomic mass is 16.4. The van der Waals surface area contributed by atoms with Gasteiger partial charge in [-0.2, -0.15) is 5.26 Å². The van der Waals surface area contributed by atoms with E-state index >= 15 is 0 Å². The Labute approximate surface area is 127 Å². The van der Waals surface area contributed by atoms with Crippen molar-refractivity contribution >= 4 is 17.6 Å². The number of carboxylic acid groups (broad SMARTS) is 1. The Morgan fingerprint density at radius 1 is 1.41 bits per heavy atom. The molecule has 1 amide bonds. The molecule has 1 rings (SSSR count). The number of carboxylic acids is 1. The van der Waals surface area contributed by atoms with Gasteiger partial charge in [0.25, 0.3) is 5.91 Å². The number of carbonyl (C=O) groups is 2. The number of amides is 1. The lowest BCUT2D eigenvalue weighted by molar-refractivity contribution is -0.137. The molecule has 0 aliphatic rings. The molecule has 7 nitrogen and oxygen atoms in total. The molecule has 1 aromatic rings. The monoisotopic (exact) mass is 303 g/mol. The molecule has 0 aromatic heterocycles. The van der Waals surface area contributed by atoms with Crippen molar-refractivity contribution in [1.29, 1.82) is 5.26 Å². The highest BCUT2D eigenvalue weighted by Gasteiger charge is 2.09. The summed E-state index contributed by atoms with van der Waals surface area (Å²) in [4.78, 5) is 22.1. The molecule has 0 heterocycles. The van der Waals surface area contributed by atoms with E-state index in [1.807, 2.05) is 6.92 Å². The molecular weight excluding hydrogens is 286 g/mol. The van der Waals surface area contributed by atoms with Gasteiger partial charge in [0.05, 0.1) is 5.69 Å². The lowest BCUT2D eigenvalue weighted by Crippen LogP contribution is -2.26. The van der Waals surface area contributed by atoms with Crippen LogP contribution in [0, 0.1) is 18.3 Å². The zero-order valence-corrected chi connectivity index (χ0v) is 12.1. The molecule has 0 bridgehead atoms. The van der Waals surface area contributed by atoms with Gasteiger partial charge in [-0.15, -0.1) is 0 Å². The van der Waals surface area contributed by atoms with E-state index in [-0.39, 0.29) is 30.7 Å². The molecule has 0 saturated carbocycles. The highest BCUT2D eigenvalue weighted by Crippen LogP contribution is 2.23. The maximum atomic E-state index is 11.7. The van der Waals surface area contributed by atoms with Crippen LogP contribution in [0.3, 0.4) is 0 Å². The smallest absolute Gasteiger partial charge is 0.303 e. The highest BCUT2D eigenvalue weighted by molar-refractivity contribution is 5.97. The number of hydrogen-bond acceptors (Lipinski definition) is 5. The van der Waals surface area contributed by atoms with Crippen molar-refractivity contribution in [3.8, 4) is 11.8 Å². The summed E-state index contributed by atoms with van der Waals surface area (Å²) in [5, 5.41) is 32.3. The fourth-order valence-corrected chi connectivity index (χ4v) is 1.60. The van der Waals surface area contributed by atoms with Gasteiger partial charge in [0, 0.05) is 19.2 Å². The number of aromatic hydroxyl groups is 1. The number of carbonyl (C=O) groups excluding carboxylic acids is 1. The van der Waals surface area contributed by atoms with Gasteiger partial charge in [-0.25, -0.2) is 0 Å². The SMILES string of the molecule is Cc1ccc(O)c(N/C=C(/C#N)C(=O)NCCCC(=O)O)c1. The summed E-state index contributed by atoms with van der Waals surface area (Å²) >= 11 is 0. The largest absolute Gasteiger partial charge is 0.506 e. The minimum Gasteiger partial charge on any atom is -0.506 e. The fourth-order valence-electron chi connectivity index (χ4n) is 1.60. The molecule has 116 valence electrons. The zero-order chi connectivity index (χ0) is 16.5. The second kappa shape index (κ2) is 8.32. The average molecular weight is 303 g/mol. The summed E-state index contributed by atoms with van der Waals surface area (Å²) in [6.45, 7) is 2.01. The number of phenols is 1. The minimum absolute atomic E-state index is 0.000932. The Kier molecular flexibility index (Phi) is 6.44. The van der Waals surface area contributed by atoms with Crippen molar-refractivity contribution in [3.63, 3.8) is 0 Å². The quantitative estimate of drug-likeness (QED) is 0.262. The number of rotatable bonds is 7. The first kappa shape index (κ1) is 17.0. The van der Waals surface area contributed by atoms with Gasteiger partial charge in [-0.3, -0.25) is 9.59 Å². The molecular formula is C15H17N3O4. The molecule has 0 atom stereocenters. The van der Waals surface area contributed by atoms with Gasteiger partial charge in [0.1, 0.15) is 17.4 Å². The van der Waals surface area contributed by atoms with Crippen LogP contribution in [0.2, 0.25) is 0 Å². The third-order valence-electron chi connectivity index (χ3n) is 2.74. The van der Waals surface area contributed by atoms with E-state index in [1.54, 1.807) is 18.2 Å².